The van der Waals surface area contributed by atoms with Gasteiger partial charge in [-0.1, -0.05) is 31.4 Å². The van der Waals surface area contributed by atoms with E-state index in [1.807, 2.05) is 13.0 Å². The Balaban J connectivity index is 2.08. The molecule has 0 saturated heterocycles. The van der Waals surface area contributed by atoms with Crippen LogP contribution in [0.5, 0.6) is 11.5 Å². The second-order valence-electron chi connectivity index (χ2n) is 8.01. The standard InChI is InChI=1S/C21H31NO4S/c1-3-4-5-8-16-13-18(23)19(15-9-6-7-14(2)12-15)20(24)21(16)27(25,26)22-17-10-11-17/h12-13,15,17,22-24H,3-11H2,1-2H3. The Morgan fingerprint density at radius 2 is 1.93 bits per heavy atom. The Morgan fingerprint density at radius 3 is 2.56 bits per heavy atom. The van der Waals surface area contributed by atoms with Crippen molar-refractivity contribution in [2.45, 2.75) is 88.5 Å². The molecule has 1 saturated carbocycles. The summed E-state index contributed by atoms with van der Waals surface area (Å²) >= 11 is 0. The number of allylic oxidation sites excluding steroid dienone is 2. The number of hydrogen-bond acceptors (Lipinski definition) is 4. The van der Waals surface area contributed by atoms with Crippen LogP contribution in [0.25, 0.3) is 0 Å². The van der Waals surface area contributed by atoms with E-state index in [2.05, 4.69) is 11.6 Å². The molecular formula is C21H31NO4S. The average molecular weight is 394 g/mol. The predicted octanol–water partition coefficient (Wildman–Crippen LogP) is 4.49. The molecule has 0 amide bonds. The lowest BCUT2D eigenvalue weighted by Gasteiger charge is -2.24. The molecule has 2 aliphatic rings. The highest BCUT2D eigenvalue weighted by Crippen LogP contribution is 2.45. The highest BCUT2D eigenvalue weighted by molar-refractivity contribution is 7.89. The van der Waals surface area contributed by atoms with Crippen LogP contribution in [0.1, 0.15) is 82.3 Å². The van der Waals surface area contributed by atoms with Crippen molar-refractivity contribution in [1.29, 1.82) is 0 Å². The Morgan fingerprint density at radius 1 is 1.19 bits per heavy atom. The van der Waals surface area contributed by atoms with Gasteiger partial charge in [-0.25, -0.2) is 13.1 Å². The van der Waals surface area contributed by atoms with Gasteiger partial charge in [0.2, 0.25) is 10.0 Å². The molecule has 150 valence electrons. The van der Waals surface area contributed by atoms with Crippen LogP contribution in [0.2, 0.25) is 0 Å². The summed E-state index contributed by atoms with van der Waals surface area (Å²) in [6, 6.07) is 1.52. The molecule has 0 aliphatic heterocycles. The maximum absolute atomic E-state index is 13.0. The lowest BCUT2D eigenvalue weighted by atomic mass is 9.84. The second-order valence-corrected chi connectivity index (χ2v) is 9.66. The molecular weight excluding hydrogens is 362 g/mol. The van der Waals surface area contributed by atoms with Crippen molar-refractivity contribution in [1.82, 2.24) is 4.72 Å². The SMILES string of the molecule is CCCCCc1cc(O)c(C2C=C(C)CCC2)c(O)c1S(=O)(=O)NC1CC1. The van der Waals surface area contributed by atoms with Crippen LogP contribution < -0.4 is 4.72 Å². The van der Waals surface area contributed by atoms with Gasteiger partial charge < -0.3 is 10.2 Å². The van der Waals surface area contributed by atoms with E-state index in [0.29, 0.717) is 17.5 Å². The minimum absolute atomic E-state index is 0.000297. The summed E-state index contributed by atoms with van der Waals surface area (Å²) in [5.41, 5.74) is 2.06. The van der Waals surface area contributed by atoms with Gasteiger partial charge in [-0.2, -0.15) is 0 Å². The molecule has 0 aromatic heterocycles. The van der Waals surface area contributed by atoms with Crippen molar-refractivity contribution in [2.24, 2.45) is 0 Å². The normalized spacial score (nSPS) is 20.5. The van der Waals surface area contributed by atoms with Crippen molar-refractivity contribution in [2.75, 3.05) is 0 Å². The lowest BCUT2D eigenvalue weighted by Crippen LogP contribution is -2.27. The molecule has 0 heterocycles. The Hall–Kier alpha value is -1.53. The number of benzene rings is 1. The quantitative estimate of drug-likeness (QED) is 0.449. The van der Waals surface area contributed by atoms with E-state index < -0.39 is 10.0 Å². The molecule has 3 rings (SSSR count). The molecule has 0 bridgehead atoms. The van der Waals surface area contributed by atoms with E-state index in [0.717, 1.165) is 51.4 Å². The lowest BCUT2D eigenvalue weighted by molar-refractivity contribution is 0.415. The zero-order valence-corrected chi connectivity index (χ0v) is 17.1. The van der Waals surface area contributed by atoms with Crippen LogP contribution >= 0.6 is 0 Å². The summed E-state index contributed by atoms with van der Waals surface area (Å²) < 4.78 is 28.7. The third-order valence-corrected chi connectivity index (χ3v) is 7.15. The Labute approximate surface area is 162 Å². The number of nitrogens with one attached hydrogen (secondary N) is 1. The summed E-state index contributed by atoms with van der Waals surface area (Å²) in [4.78, 5) is -0.0325. The first-order chi connectivity index (χ1) is 12.8. The van der Waals surface area contributed by atoms with Gasteiger partial charge in [-0.05, 0) is 63.5 Å². The molecule has 6 heteroatoms. The molecule has 1 atom stereocenters. The Bertz CT molecular complexity index is 825. The van der Waals surface area contributed by atoms with E-state index in [1.165, 1.54) is 5.57 Å². The largest absolute Gasteiger partial charge is 0.507 e. The molecule has 5 nitrogen and oxygen atoms in total. The van der Waals surface area contributed by atoms with Gasteiger partial charge in [-0.15, -0.1) is 0 Å². The van der Waals surface area contributed by atoms with Gasteiger partial charge in [0.15, 0.2) is 0 Å². The third-order valence-electron chi connectivity index (χ3n) is 5.51. The average Bonchev–Trinajstić information content (AvgIpc) is 3.37. The summed E-state index contributed by atoms with van der Waals surface area (Å²) in [6.07, 6.45) is 9.81. The van der Waals surface area contributed by atoms with Crippen molar-refractivity contribution >= 4 is 10.0 Å². The highest BCUT2D eigenvalue weighted by atomic mass is 32.2. The summed E-state index contributed by atoms with van der Waals surface area (Å²) in [5.74, 6) is -0.427. The molecule has 0 radical (unpaired) electrons. The summed E-state index contributed by atoms with van der Waals surface area (Å²) in [5, 5.41) is 21.7. The van der Waals surface area contributed by atoms with Crippen molar-refractivity contribution in [3.63, 3.8) is 0 Å². The van der Waals surface area contributed by atoms with Crippen LogP contribution in [-0.4, -0.2) is 24.7 Å². The topological polar surface area (TPSA) is 86.6 Å². The second kappa shape index (κ2) is 8.23. The van der Waals surface area contributed by atoms with Gasteiger partial charge >= 0.3 is 0 Å². The van der Waals surface area contributed by atoms with Gasteiger partial charge in [0.05, 0.1) is 0 Å². The van der Waals surface area contributed by atoms with Crippen LogP contribution in [0.3, 0.4) is 0 Å². The molecule has 1 unspecified atom stereocenters. The van der Waals surface area contributed by atoms with Crippen LogP contribution in [-0.2, 0) is 16.4 Å². The van der Waals surface area contributed by atoms with Gasteiger partial charge in [0.25, 0.3) is 0 Å². The van der Waals surface area contributed by atoms with Crippen molar-refractivity contribution in [3.05, 3.63) is 28.8 Å². The number of rotatable bonds is 8. The molecule has 1 aromatic carbocycles. The number of phenolic OH excluding ortho intramolecular Hbond substituents is 2. The third kappa shape index (κ3) is 4.66. The van der Waals surface area contributed by atoms with E-state index >= 15 is 0 Å². The fraction of sp³-hybridized carbons (Fsp3) is 0.619. The molecule has 27 heavy (non-hydrogen) atoms. The number of unbranched alkanes of at least 4 members (excludes halogenated alkanes) is 2. The van der Waals surface area contributed by atoms with E-state index in [-0.39, 0.29) is 28.4 Å². The summed E-state index contributed by atoms with van der Waals surface area (Å²) in [6.45, 7) is 4.12. The fourth-order valence-electron chi connectivity index (χ4n) is 3.94. The van der Waals surface area contributed by atoms with Crippen LogP contribution in [0, 0.1) is 0 Å². The number of sulfonamides is 1. The first-order valence-corrected chi connectivity index (χ1v) is 11.6. The number of aryl methyl sites for hydroxylation is 1. The smallest absolute Gasteiger partial charge is 0.244 e. The molecule has 1 aromatic rings. The van der Waals surface area contributed by atoms with Crippen molar-refractivity contribution in [3.8, 4) is 11.5 Å². The van der Waals surface area contributed by atoms with Crippen LogP contribution in [0.15, 0.2) is 22.6 Å². The molecule has 2 aliphatic carbocycles. The highest BCUT2D eigenvalue weighted by Gasteiger charge is 2.34. The monoisotopic (exact) mass is 393 g/mol. The van der Waals surface area contributed by atoms with E-state index in [1.54, 1.807) is 6.07 Å². The van der Waals surface area contributed by atoms with E-state index in [9.17, 15) is 18.6 Å². The molecule has 3 N–H and O–H groups in total. The maximum Gasteiger partial charge on any atom is 0.244 e. The summed E-state index contributed by atoms with van der Waals surface area (Å²) in [7, 11) is -3.82. The first-order valence-electron chi connectivity index (χ1n) is 10.1. The van der Waals surface area contributed by atoms with Crippen LogP contribution in [0.4, 0.5) is 0 Å². The zero-order valence-electron chi connectivity index (χ0n) is 16.3. The van der Waals surface area contributed by atoms with Crippen molar-refractivity contribution < 1.29 is 18.6 Å². The zero-order chi connectivity index (χ0) is 19.6. The predicted molar refractivity (Wildman–Crippen MR) is 107 cm³/mol. The Kier molecular flexibility index (Phi) is 6.16. The minimum atomic E-state index is -3.82. The van der Waals surface area contributed by atoms with E-state index in [4.69, 9.17) is 0 Å². The number of hydrogen-bond donors (Lipinski definition) is 3. The molecule has 1 fully saturated rings. The van der Waals surface area contributed by atoms with Gasteiger partial charge in [0, 0.05) is 17.5 Å². The molecule has 0 spiro atoms. The minimum Gasteiger partial charge on any atom is -0.507 e. The van der Waals surface area contributed by atoms with Gasteiger partial charge in [-0.3, -0.25) is 0 Å². The maximum atomic E-state index is 13.0. The number of aromatic hydroxyl groups is 2. The fourth-order valence-corrected chi connectivity index (χ4v) is 5.60. The number of phenols is 2. The van der Waals surface area contributed by atoms with Gasteiger partial charge in [0.1, 0.15) is 16.4 Å². The first kappa shape index (κ1) is 20.2.